The van der Waals surface area contributed by atoms with Crippen LogP contribution in [-0.4, -0.2) is 7.05 Å². The largest absolute Gasteiger partial charge is 0.313 e. The topological polar surface area (TPSA) is 12.0 Å². The molecule has 1 nitrogen and oxygen atoms in total. The highest BCUT2D eigenvalue weighted by molar-refractivity contribution is 9.10. The van der Waals surface area contributed by atoms with Gasteiger partial charge in [-0.05, 0) is 43.3 Å². The second-order valence-electron chi connectivity index (χ2n) is 4.31. The van der Waals surface area contributed by atoms with Crippen LogP contribution in [0.2, 0.25) is 0 Å². The van der Waals surface area contributed by atoms with Gasteiger partial charge in [-0.15, -0.1) is 0 Å². The van der Waals surface area contributed by atoms with Gasteiger partial charge in [0.2, 0.25) is 0 Å². The standard InChI is InChI=1S/C15H14BrF2N/c1-19-14(9-10-5-7-11(16)8-6-10)15-12(17)3-2-4-13(15)18/h2-8,14,19H,9H2,1H3. The second-order valence-corrected chi connectivity index (χ2v) is 5.22. The molecule has 4 heteroatoms. The zero-order valence-electron chi connectivity index (χ0n) is 10.5. The summed E-state index contributed by atoms with van der Waals surface area (Å²) in [6.45, 7) is 0. The lowest BCUT2D eigenvalue weighted by molar-refractivity contribution is 0.489. The van der Waals surface area contributed by atoms with Crippen molar-refractivity contribution in [2.75, 3.05) is 7.05 Å². The summed E-state index contributed by atoms with van der Waals surface area (Å²) < 4.78 is 28.5. The van der Waals surface area contributed by atoms with Crippen molar-refractivity contribution >= 4 is 15.9 Å². The van der Waals surface area contributed by atoms with Crippen LogP contribution < -0.4 is 5.32 Å². The molecule has 2 rings (SSSR count). The van der Waals surface area contributed by atoms with Gasteiger partial charge in [-0.1, -0.05) is 34.1 Å². The first-order valence-electron chi connectivity index (χ1n) is 5.97. The summed E-state index contributed by atoms with van der Waals surface area (Å²) in [6.07, 6.45) is 0.529. The average Bonchev–Trinajstić information content (AvgIpc) is 2.39. The Labute approximate surface area is 119 Å². The van der Waals surface area contributed by atoms with Crippen LogP contribution in [0.25, 0.3) is 0 Å². The van der Waals surface area contributed by atoms with Gasteiger partial charge in [-0.25, -0.2) is 8.78 Å². The van der Waals surface area contributed by atoms with Crippen molar-refractivity contribution in [1.82, 2.24) is 5.32 Å². The minimum absolute atomic E-state index is 0.0907. The van der Waals surface area contributed by atoms with Crippen molar-refractivity contribution in [1.29, 1.82) is 0 Å². The molecule has 0 aliphatic heterocycles. The fourth-order valence-electron chi connectivity index (χ4n) is 2.05. The minimum Gasteiger partial charge on any atom is -0.313 e. The summed E-state index contributed by atoms with van der Waals surface area (Å²) in [5, 5.41) is 2.97. The van der Waals surface area contributed by atoms with Gasteiger partial charge in [0.05, 0.1) is 0 Å². The smallest absolute Gasteiger partial charge is 0.130 e. The molecule has 0 saturated heterocycles. The summed E-state index contributed by atoms with van der Waals surface area (Å²) in [5.41, 5.74) is 1.11. The monoisotopic (exact) mass is 325 g/mol. The Morgan fingerprint density at radius 1 is 1.05 bits per heavy atom. The maximum atomic E-state index is 13.8. The summed E-state index contributed by atoms with van der Waals surface area (Å²) in [4.78, 5) is 0. The number of likely N-dealkylation sites (N-methyl/N-ethyl adjacent to an activating group) is 1. The SMILES string of the molecule is CNC(Cc1ccc(Br)cc1)c1c(F)cccc1F. The van der Waals surface area contributed by atoms with E-state index in [1.807, 2.05) is 24.3 Å². The van der Waals surface area contributed by atoms with Crippen molar-refractivity contribution in [3.8, 4) is 0 Å². The average molecular weight is 326 g/mol. The fourth-order valence-corrected chi connectivity index (χ4v) is 2.31. The lowest BCUT2D eigenvalue weighted by atomic mass is 9.98. The van der Waals surface area contributed by atoms with Crippen molar-refractivity contribution < 1.29 is 8.78 Å². The summed E-state index contributed by atoms with van der Waals surface area (Å²) >= 11 is 3.36. The number of nitrogens with one attached hydrogen (secondary N) is 1. The maximum Gasteiger partial charge on any atom is 0.130 e. The zero-order valence-corrected chi connectivity index (χ0v) is 12.0. The molecule has 1 N–H and O–H groups in total. The van der Waals surface area contributed by atoms with Gasteiger partial charge in [0.25, 0.3) is 0 Å². The lowest BCUT2D eigenvalue weighted by Crippen LogP contribution is -2.21. The quantitative estimate of drug-likeness (QED) is 0.887. The Morgan fingerprint density at radius 2 is 1.63 bits per heavy atom. The summed E-state index contributed by atoms with van der Waals surface area (Å²) in [5.74, 6) is -1.03. The van der Waals surface area contributed by atoms with E-state index < -0.39 is 11.6 Å². The van der Waals surface area contributed by atoms with E-state index in [4.69, 9.17) is 0 Å². The summed E-state index contributed by atoms with van der Waals surface area (Å²) in [7, 11) is 1.70. The van der Waals surface area contributed by atoms with Crippen molar-refractivity contribution in [2.24, 2.45) is 0 Å². The molecule has 1 unspecified atom stereocenters. The van der Waals surface area contributed by atoms with E-state index in [2.05, 4.69) is 21.2 Å². The zero-order chi connectivity index (χ0) is 13.8. The first kappa shape index (κ1) is 14.2. The molecule has 0 saturated carbocycles. The number of hydrogen-bond donors (Lipinski definition) is 1. The van der Waals surface area contributed by atoms with E-state index in [1.165, 1.54) is 18.2 Å². The highest BCUT2D eigenvalue weighted by Gasteiger charge is 2.18. The van der Waals surface area contributed by atoms with Crippen LogP contribution in [-0.2, 0) is 6.42 Å². The number of hydrogen-bond acceptors (Lipinski definition) is 1. The molecule has 1 atom stereocenters. The van der Waals surface area contributed by atoms with Gasteiger partial charge in [0.15, 0.2) is 0 Å². The molecule has 100 valence electrons. The van der Waals surface area contributed by atoms with Crippen LogP contribution in [0.5, 0.6) is 0 Å². The van der Waals surface area contributed by atoms with E-state index in [9.17, 15) is 8.78 Å². The van der Waals surface area contributed by atoms with Crippen LogP contribution >= 0.6 is 15.9 Å². The van der Waals surface area contributed by atoms with E-state index in [0.717, 1.165) is 10.0 Å². The molecule has 0 spiro atoms. The van der Waals surface area contributed by atoms with Gasteiger partial charge in [0, 0.05) is 16.1 Å². The predicted octanol–water partition coefficient (Wildman–Crippen LogP) is 4.23. The molecular formula is C15H14BrF2N. The second kappa shape index (κ2) is 6.26. The number of halogens is 3. The van der Waals surface area contributed by atoms with E-state index in [-0.39, 0.29) is 11.6 Å². The first-order chi connectivity index (χ1) is 9.11. The Kier molecular flexibility index (Phi) is 4.66. The maximum absolute atomic E-state index is 13.8. The molecular weight excluding hydrogens is 312 g/mol. The van der Waals surface area contributed by atoms with Crippen molar-refractivity contribution in [2.45, 2.75) is 12.5 Å². The minimum atomic E-state index is -0.517. The fraction of sp³-hybridized carbons (Fsp3) is 0.200. The van der Waals surface area contributed by atoms with Gasteiger partial charge >= 0.3 is 0 Å². The third-order valence-electron chi connectivity index (χ3n) is 3.05. The van der Waals surface area contributed by atoms with Crippen LogP contribution in [0.15, 0.2) is 46.9 Å². The van der Waals surface area contributed by atoms with Crippen molar-refractivity contribution in [3.63, 3.8) is 0 Å². The highest BCUT2D eigenvalue weighted by atomic mass is 79.9. The highest BCUT2D eigenvalue weighted by Crippen LogP contribution is 2.24. The Bertz CT molecular complexity index is 534. The molecule has 0 bridgehead atoms. The molecule has 0 radical (unpaired) electrons. The molecule has 0 amide bonds. The molecule has 0 fully saturated rings. The lowest BCUT2D eigenvalue weighted by Gasteiger charge is -2.18. The molecule has 0 heterocycles. The molecule has 19 heavy (non-hydrogen) atoms. The van der Waals surface area contributed by atoms with E-state index >= 15 is 0 Å². The van der Waals surface area contributed by atoms with Crippen LogP contribution in [0.1, 0.15) is 17.2 Å². The molecule has 0 aliphatic carbocycles. The normalized spacial score (nSPS) is 12.4. The van der Waals surface area contributed by atoms with Crippen LogP contribution in [0, 0.1) is 11.6 Å². The Morgan fingerprint density at radius 3 is 2.16 bits per heavy atom. The molecule has 0 aliphatic rings. The van der Waals surface area contributed by atoms with Crippen molar-refractivity contribution in [3.05, 3.63) is 69.7 Å². The molecule has 0 aromatic heterocycles. The van der Waals surface area contributed by atoms with E-state index in [1.54, 1.807) is 7.05 Å². The molecule has 2 aromatic rings. The van der Waals surface area contributed by atoms with Gasteiger partial charge in [-0.3, -0.25) is 0 Å². The van der Waals surface area contributed by atoms with Crippen LogP contribution in [0.4, 0.5) is 8.78 Å². The van der Waals surface area contributed by atoms with E-state index in [0.29, 0.717) is 6.42 Å². The van der Waals surface area contributed by atoms with Crippen LogP contribution in [0.3, 0.4) is 0 Å². The Balaban J connectivity index is 2.27. The third-order valence-corrected chi connectivity index (χ3v) is 3.58. The number of benzene rings is 2. The van der Waals surface area contributed by atoms with Gasteiger partial charge < -0.3 is 5.32 Å². The predicted molar refractivity (Wildman–Crippen MR) is 76.0 cm³/mol. The van der Waals surface area contributed by atoms with Gasteiger partial charge in [-0.2, -0.15) is 0 Å². The number of rotatable bonds is 4. The molecule has 2 aromatic carbocycles. The first-order valence-corrected chi connectivity index (χ1v) is 6.76. The Hall–Kier alpha value is -1.26. The third kappa shape index (κ3) is 3.39. The van der Waals surface area contributed by atoms with Gasteiger partial charge in [0.1, 0.15) is 11.6 Å². The summed E-state index contributed by atoms with van der Waals surface area (Å²) in [6, 6.07) is 11.3.